The van der Waals surface area contributed by atoms with Gasteiger partial charge in [-0.05, 0) is 43.2 Å². The Morgan fingerprint density at radius 2 is 2.04 bits per heavy atom. The summed E-state index contributed by atoms with van der Waals surface area (Å²) < 4.78 is 10.8. The Hall–Kier alpha value is -2.97. The minimum absolute atomic E-state index is 0.0264. The van der Waals surface area contributed by atoms with Crippen LogP contribution in [0.3, 0.4) is 0 Å². The molecule has 2 aromatic rings. The lowest BCUT2D eigenvalue weighted by atomic mass is 10.1. The molecule has 140 valence electrons. The second-order valence-corrected chi connectivity index (χ2v) is 6.15. The molecule has 2 rings (SSSR count). The Morgan fingerprint density at radius 1 is 1.33 bits per heavy atom. The molecule has 2 aromatic carbocycles. The van der Waals surface area contributed by atoms with Gasteiger partial charge in [0, 0.05) is 0 Å². The number of carbonyl (C=O) groups excluding carboxylic acids is 1. The van der Waals surface area contributed by atoms with Crippen LogP contribution in [0.1, 0.15) is 31.0 Å². The van der Waals surface area contributed by atoms with Crippen LogP contribution in [0.2, 0.25) is 5.02 Å². The van der Waals surface area contributed by atoms with Gasteiger partial charge in [-0.3, -0.25) is 4.79 Å². The molecule has 0 aliphatic carbocycles. The van der Waals surface area contributed by atoms with Crippen LogP contribution in [0.5, 0.6) is 11.5 Å². The number of methoxy groups -OCH3 is 1. The van der Waals surface area contributed by atoms with E-state index >= 15 is 0 Å². The van der Waals surface area contributed by atoms with Gasteiger partial charge in [0.2, 0.25) is 0 Å². The third-order valence-corrected chi connectivity index (χ3v) is 4.14. The van der Waals surface area contributed by atoms with Crippen LogP contribution in [0.4, 0.5) is 0 Å². The van der Waals surface area contributed by atoms with Crippen molar-refractivity contribution in [2.24, 2.45) is 0 Å². The number of nitrogens with one attached hydrogen (secondary N) is 1. The molecule has 0 aromatic heterocycles. The third-order valence-electron chi connectivity index (χ3n) is 3.86. The second kappa shape index (κ2) is 9.65. The van der Waals surface area contributed by atoms with Crippen LogP contribution in [-0.4, -0.2) is 19.6 Å². The summed E-state index contributed by atoms with van der Waals surface area (Å²) in [4.78, 5) is 12.5. The quantitative estimate of drug-likeness (QED) is 0.562. The van der Waals surface area contributed by atoms with Gasteiger partial charge in [-0.15, -0.1) is 0 Å². The second-order valence-electron chi connectivity index (χ2n) is 5.74. The van der Waals surface area contributed by atoms with E-state index in [1.165, 1.54) is 13.2 Å². The number of rotatable bonds is 7. The summed E-state index contributed by atoms with van der Waals surface area (Å²) in [6, 6.07) is 14.5. The maximum absolute atomic E-state index is 12.5. The minimum atomic E-state index is -0.459. The van der Waals surface area contributed by atoms with E-state index in [0.29, 0.717) is 28.7 Å². The summed E-state index contributed by atoms with van der Waals surface area (Å²) >= 11 is 6.22. The Kier molecular flexibility index (Phi) is 7.27. The molecule has 0 saturated heterocycles. The number of hydrogen-bond donors (Lipinski definition) is 1. The number of halogens is 1. The Labute approximate surface area is 164 Å². The molecule has 1 unspecified atom stereocenters. The lowest BCUT2D eigenvalue weighted by Gasteiger charge is -2.14. The van der Waals surface area contributed by atoms with Crippen molar-refractivity contribution in [1.29, 1.82) is 5.26 Å². The molecule has 27 heavy (non-hydrogen) atoms. The van der Waals surface area contributed by atoms with E-state index in [9.17, 15) is 10.1 Å². The van der Waals surface area contributed by atoms with E-state index in [0.717, 1.165) is 5.56 Å². The lowest BCUT2D eigenvalue weighted by Crippen LogP contribution is -2.27. The zero-order chi connectivity index (χ0) is 19.8. The Bertz CT molecular complexity index is 873. The van der Waals surface area contributed by atoms with Crippen molar-refractivity contribution >= 4 is 23.6 Å². The van der Waals surface area contributed by atoms with Gasteiger partial charge < -0.3 is 14.8 Å². The van der Waals surface area contributed by atoms with E-state index in [4.69, 9.17) is 21.1 Å². The average Bonchev–Trinajstić information content (AvgIpc) is 2.66. The van der Waals surface area contributed by atoms with Gasteiger partial charge in [0.1, 0.15) is 11.6 Å². The van der Waals surface area contributed by atoms with Gasteiger partial charge in [-0.2, -0.15) is 5.26 Å². The highest BCUT2D eigenvalue weighted by atomic mass is 35.5. The van der Waals surface area contributed by atoms with Gasteiger partial charge in [-0.1, -0.05) is 41.9 Å². The smallest absolute Gasteiger partial charge is 0.262 e. The summed E-state index contributed by atoms with van der Waals surface area (Å²) in [7, 11) is 1.50. The highest BCUT2D eigenvalue weighted by Gasteiger charge is 2.15. The van der Waals surface area contributed by atoms with E-state index in [1.54, 1.807) is 12.1 Å². The lowest BCUT2D eigenvalue weighted by molar-refractivity contribution is -0.117. The van der Waals surface area contributed by atoms with Crippen molar-refractivity contribution in [2.75, 3.05) is 13.7 Å². The standard InChI is InChI=1S/C21H21ClN2O3/c1-4-27-19-12-15(11-18(22)20(19)26-3)10-17(13-23)21(25)24-14(2)16-8-6-5-7-9-16/h5-12,14H,4H2,1-3H3,(H,24,25)/b17-10+. The van der Waals surface area contributed by atoms with Gasteiger partial charge in [0.05, 0.1) is 24.8 Å². The molecule has 0 radical (unpaired) electrons. The molecule has 0 saturated carbocycles. The minimum Gasteiger partial charge on any atom is -0.491 e. The molecule has 0 heterocycles. The highest BCUT2D eigenvalue weighted by molar-refractivity contribution is 6.32. The summed E-state index contributed by atoms with van der Waals surface area (Å²) in [5.74, 6) is 0.407. The maximum atomic E-state index is 12.5. The first kappa shape index (κ1) is 20.3. The SMILES string of the molecule is CCOc1cc(/C=C(\C#N)C(=O)NC(C)c2ccccc2)cc(Cl)c1OC. The van der Waals surface area contributed by atoms with Crippen molar-refractivity contribution in [2.45, 2.75) is 19.9 Å². The molecule has 0 bridgehead atoms. The largest absolute Gasteiger partial charge is 0.491 e. The number of ether oxygens (including phenoxy) is 2. The van der Waals surface area contributed by atoms with Crippen LogP contribution in [0, 0.1) is 11.3 Å². The van der Waals surface area contributed by atoms with Gasteiger partial charge in [0.15, 0.2) is 11.5 Å². The van der Waals surface area contributed by atoms with Crippen molar-refractivity contribution in [1.82, 2.24) is 5.32 Å². The average molecular weight is 385 g/mol. The van der Waals surface area contributed by atoms with Crippen molar-refractivity contribution in [3.05, 3.63) is 64.2 Å². The van der Waals surface area contributed by atoms with Gasteiger partial charge >= 0.3 is 0 Å². The molecule has 0 aliphatic heterocycles. The van der Waals surface area contributed by atoms with Gasteiger partial charge in [-0.25, -0.2) is 0 Å². The molecule has 1 atom stereocenters. The van der Waals surface area contributed by atoms with E-state index in [-0.39, 0.29) is 11.6 Å². The van der Waals surface area contributed by atoms with Crippen LogP contribution < -0.4 is 14.8 Å². The number of benzene rings is 2. The number of nitriles is 1. The van der Waals surface area contributed by atoms with Crippen molar-refractivity contribution in [3.8, 4) is 17.6 Å². The zero-order valence-corrected chi connectivity index (χ0v) is 16.2. The molecular formula is C21H21ClN2O3. The van der Waals surface area contributed by atoms with Crippen LogP contribution >= 0.6 is 11.6 Å². The van der Waals surface area contributed by atoms with E-state index in [1.807, 2.05) is 50.2 Å². The molecule has 0 fully saturated rings. The Balaban J connectivity index is 2.27. The van der Waals surface area contributed by atoms with Crippen LogP contribution in [0.15, 0.2) is 48.0 Å². The third kappa shape index (κ3) is 5.25. The van der Waals surface area contributed by atoms with Crippen LogP contribution in [-0.2, 0) is 4.79 Å². The molecule has 6 heteroatoms. The summed E-state index contributed by atoms with van der Waals surface area (Å²) in [6.45, 7) is 4.13. The zero-order valence-electron chi connectivity index (χ0n) is 15.5. The van der Waals surface area contributed by atoms with Gasteiger partial charge in [0.25, 0.3) is 5.91 Å². The summed E-state index contributed by atoms with van der Waals surface area (Å²) in [5, 5.41) is 12.6. The number of carbonyl (C=O) groups is 1. The van der Waals surface area contributed by atoms with E-state index in [2.05, 4.69) is 5.32 Å². The normalized spacial score (nSPS) is 12.0. The van der Waals surface area contributed by atoms with E-state index < -0.39 is 5.91 Å². The van der Waals surface area contributed by atoms with Crippen molar-refractivity contribution in [3.63, 3.8) is 0 Å². The summed E-state index contributed by atoms with van der Waals surface area (Å²) in [6.07, 6.45) is 1.47. The Morgan fingerprint density at radius 3 is 2.63 bits per heavy atom. The molecule has 5 nitrogen and oxygen atoms in total. The molecule has 1 amide bonds. The molecular weight excluding hydrogens is 364 g/mol. The first-order valence-electron chi connectivity index (χ1n) is 8.48. The predicted molar refractivity (Wildman–Crippen MR) is 106 cm³/mol. The fourth-order valence-electron chi connectivity index (χ4n) is 2.55. The van der Waals surface area contributed by atoms with Crippen molar-refractivity contribution < 1.29 is 14.3 Å². The molecule has 0 spiro atoms. The maximum Gasteiger partial charge on any atom is 0.262 e. The first-order valence-corrected chi connectivity index (χ1v) is 8.85. The summed E-state index contributed by atoms with van der Waals surface area (Å²) in [5.41, 5.74) is 1.50. The fourth-order valence-corrected chi connectivity index (χ4v) is 2.84. The topological polar surface area (TPSA) is 71.3 Å². The number of amides is 1. The molecule has 1 N–H and O–H groups in total. The predicted octanol–water partition coefficient (Wildman–Crippen LogP) is 4.53. The number of hydrogen-bond acceptors (Lipinski definition) is 4. The highest BCUT2D eigenvalue weighted by Crippen LogP contribution is 2.36. The first-order chi connectivity index (χ1) is 13.0. The number of nitrogens with zero attached hydrogens (tertiary/aromatic N) is 1. The monoisotopic (exact) mass is 384 g/mol. The molecule has 0 aliphatic rings. The van der Waals surface area contributed by atoms with Crippen LogP contribution in [0.25, 0.3) is 6.08 Å². The fraction of sp³-hybridized carbons (Fsp3) is 0.238.